The molecule has 0 N–H and O–H groups in total. The molecule has 0 unspecified atom stereocenters. The van der Waals surface area contributed by atoms with Crippen molar-refractivity contribution >= 4 is 33.4 Å². The highest BCUT2D eigenvalue weighted by molar-refractivity contribution is 9.10. The van der Waals surface area contributed by atoms with E-state index in [2.05, 4.69) is 22.9 Å². The number of hydrogen-bond donors (Lipinski definition) is 0. The third-order valence-corrected chi connectivity index (χ3v) is 4.09. The molecule has 1 aliphatic rings. The molecule has 106 valence electrons. The van der Waals surface area contributed by atoms with Gasteiger partial charge in [0, 0.05) is 4.47 Å². The fraction of sp³-hybridized carbons (Fsp3) is 0.176. The first kappa shape index (κ1) is 14.0. The molecule has 1 aliphatic heterocycles. The van der Waals surface area contributed by atoms with Gasteiger partial charge in [-0.1, -0.05) is 47.5 Å². The van der Waals surface area contributed by atoms with Gasteiger partial charge in [-0.3, -0.25) is 9.59 Å². The van der Waals surface area contributed by atoms with Gasteiger partial charge in [-0.05, 0) is 36.2 Å². The largest absolute Gasteiger partial charge is 0.268 e. The fourth-order valence-electron chi connectivity index (χ4n) is 2.64. The van der Waals surface area contributed by atoms with Gasteiger partial charge in [0.25, 0.3) is 11.8 Å². The number of para-hydroxylation sites is 1. The highest BCUT2D eigenvalue weighted by atomic mass is 79.9. The van der Waals surface area contributed by atoms with Gasteiger partial charge in [-0.2, -0.15) is 0 Å². The van der Waals surface area contributed by atoms with Gasteiger partial charge < -0.3 is 0 Å². The van der Waals surface area contributed by atoms with E-state index in [4.69, 9.17) is 0 Å². The van der Waals surface area contributed by atoms with Gasteiger partial charge >= 0.3 is 0 Å². The minimum Gasteiger partial charge on any atom is -0.268 e. The lowest BCUT2D eigenvalue weighted by Crippen LogP contribution is -2.30. The Hall–Kier alpha value is -1.94. The number of hydrogen-bond acceptors (Lipinski definition) is 2. The van der Waals surface area contributed by atoms with Gasteiger partial charge in [-0.25, -0.2) is 4.90 Å². The van der Waals surface area contributed by atoms with Crippen molar-refractivity contribution in [2.24, 2.45) is 0 Å². The SMILES string of the molecule is CCCc1ccccc1N1C(=O)c2ccc(Br)cc2C1=O. The summed E-state index contributed by atoms with van der Waals surface area (Å²) in [5.41, 5.74) is 2.64. The van der Waals surface area contributed by atoms with Crippen LogP contribution in [0.4, 0.5) is 5.69 Å². The number of anilines is 1. The average molecular weight is 344 g/mol. The maximum atomic E-state index is 12.6. The maximum absolute atomic E-state index is 12.6. The quantitative estimate of drug-likeness (QED) is 0.783. The standard InChI is InChI=1S/C17H14BrNO2/c1-2-5-11-6-3-4-7-15(11)19-16(20)13-9-8-12(18)10-14(13)17(19)21/h3-4,6-10H,2,5H2,1H3. The van der Waals surface area contributed by atoms with E-state index in [9.17, 15) is 9.59 Å². The monoisotopic (exact) mass is 343 g/mol. The van der Waals surface area contributed by atoms with E-state index in [0.29, 0.717) is 16.8 Å². The van der Waals surface area contributed by atoms with Crippen LogP contribution in [-0.4, -0.2) is 11.8 Å². The number of aryl methyl sites for hydroxylation is 1. The predicted molar refractivity (Wildman–Crippen MR) is 85.7 cm³/mol. The fourth-order valence-corrected chi connectivity index (χ4v) is 3.00. The van der Waals surface area contributed by atoms with Crippen LogP contribution in [0.2, 0.25) is 0 Å². The van der Waals surface area contributed by atoms with Crippen LogP contribution in [0.25, 0.3) is 0 Å². The van der Waals surface area contributed by atoms with Crippen LogP contribution in [0, 0.1) is 0 Å². The molecule has 0 saturated heterocycles. The molecule has 0 aromatic heterocycles. The Labute approximate surface area is 131 Å². The normalized spacial score (nSPS) is 13.7. The third kappa shape index (κ3) is 2.29. The zero-order valence-corrected chi connectivity index (χ0v) is 13.2. The summed E-state index contributed by atoms with van der Waals surface area (Å²) in [5, 5.41) is 0. The molecule has 0 fully saturated rings. The average Bonchev–Trinajstić information content (AvgIpc) is 2.72. The molecule has 4 heteroatoms. The second-order valence-electron chi connectivity index (χ2n) is 5.01. The third-order valence-electron chi connectivity index (χ3n) is 3.60. The lowest BCUT2D eigenvalue weighted by atomic mass is 10.1. The summed E-state index contributed by atoms with van der Waals surface area (Å²) >= 11 is 3.35. The molecule has 3 rings (SSSR count). The predicted octanol–water partition coefficient (Wildman–Crippen LogP) is 4.20. The van der Waals surface area contributed by atoms with Crippen molar-refractivity contribution in [3.05, 3.63) is 63.6 Å². The molecule has 0 bridgehead atoms. The number of carbonyl (C=O) groups is 2. The van der Waals surface area contributed by atoms with Crippen LogP contribution >= 0.6 is 15.9 Å². The Morgan fingerprint density at radius 2 is 1.71 bits per heavy atom. The van der Waals surface area contributed by atoms with Gasteiger partial charge in [0.05, 0.1) is 16.8 Å². The number of halogens is 1. The van der Waals surface area contributed by atoms with Crippen LogP contribution in [-0.2, 0) is 6.42 Å². The number of fused-ring (bicyclic) bond motifs is 1. The molecule has 0 saturated carbocycles. The first-order chi connectivity index (χ1) is 10.1. The second-order valence-corrected chi connectivity index (χ2v) is 5.93. The van der Waals surface area contributed by atoms with E-state index in [0.717, 1.165) is 22.9 Å². The summed E-state index contributed by atoms with van der Waals surface area (Å²) in [6, 6.07) is 12.8. The van der Waals surface area contributed by atoms with E-state index >= 15 is 0 Å². The van der Waals surface area contributed by atoms with Crippen molar-refractivity contribution in [1.82, 2.24) is 0 Å². The van der Waals surface area contributed by atoms with E-state index in [1.807, 2.05) is 24.3 Å². The Morgan fingerprint density at radius 1 is 1.00 bits per heavy atom. The van der Waals surface area contributed by atoms with Gasteiger partial charge in [0.1, 0.15) is 0 Å². The summed E-state index contributed by atoms with van der Waals surface area (Å²) < 4.78 is 0.797. The molecular weight excluding hydrogens is 330 g/mol. The summed E-state index contributed by atoms with van der Waals surface area (Å²) in [5.74, 6) is -0.495. The summed E-state index contributed by atoms with van der Waals surface area (Å²) in [7, 11) is 0. The van der Waals surface area contributed by atoms with Gasteiger partial charge in [0.15, 0.2) is 0 Å². The minimum absolute atomic E-state index is 0.244. The van der Waals surface area contributed by atoms with Crippen molar-refractivity contribution in [2.45, 2.75) is 19.8 Å². The molecule has 2 amide bonds. The summed E-state index contributed by atoms with van der Waals surface area (Å²) in [6.07, 6.45) is 1.80. The lowest BCUT2D eigenvalue weighted by molar-refractivity contribution is 0.0926. The number of imide groups is 1. The maximum Gasteiger partial charge on any atom is 0.266 e. The van der Waals surface area contributed by atoms with Crippen molar-refractivity contribution < 1.29 is 9.59 Å². The smallest absolute Gasteiger partial charge is 0.266 e. The summed E-state index contributed by atoms with van der Waals surface area (Å²) in [4.78, 5) is 26.5. The molecule has 0 aliphatic carbocycles. The molecule has 0 spiro atoms. The lowest BCUT2D eigenvalue weighted by Gasteiger charge is -2.17. The number of benzene rings is 2. The van der Waals surface area contributed by atoms with Crippen LogP contribution in [0.15, 0.2) is 46.9 Å². The Morgan fingerprint density at radius 3 is 2.48 bits per heavy atom. The summed E-state index contributed by atoms with van der Waals surface area (Å²) in [6.45, 7) is 2.08. The van der Waals surface area contributed by atoms with Crippen LogP contribution in [0.1, 0.15) is 39.6 Å². The van der Waals surface area contributed by atoms with Crippen LogP contribution in [0.3, 0.4) is 0 Å². The van der Waals surface area contributed by atoms with Crippen LogP contribution in [0.5, 0.6) is 0 Å². The Kier molecular flexibility index (Phi) is 3.64. The zero-order chi connectivity index (χ0) is 15.0. The molecule has 3 nitrogen and oxygen atoms in total. The van der Waals surface area contributed by atoms with Crippen molar-refractivity contribution in [1.29, 1.82) is 0 Å². The van der Waals surface area contributed by atoms with E-state index in [-0.39, 0.29) is 11.8 Å². The topological polar surface area (TPSA) is 37.4 Å². The van der Waals surface area contributed by atoms with E-state index in [1.165, 1.54) is 4.90 Å². The molecule has 0 radical (unpaired) electrons. The Bertz CT molecular complexity index is 739. The Balaban J connectivity index is 2.10. The molecular formula is C17H14BrNO2. The van der Waals surface area contributed by atoms with Gasteiger partial charge in [-0.15, -0.1) is 0 Å². The molecule has 1 heterocycles. The van der Waals surface area contributed by atoms with Gasteiger partial charge in [0.2, 0.25) is 0 Å². The molecule has 2 aromatic rings. The highest BCUT2D eigenvalue weighted by Crippen LogP contribution is 2.32. The van der Waals surface area contributed by atoms with E-state index in [1.54, 1.807) is 18.2 Å². The first-order valence-electron chi connectivity index (χ1n) is 6.89. The van der Waals surface area contributed by atoms with Crippen molar-refractivity contribution in [2.75, 3.05) is 4.90 Å². The van der Waals surface area contributed by atoms with Crippen molar-refractivity contribution in [3.8, 4) is 0 Å². The first-order valence-corrected chi connectivity index (χ1v) is 7.69. The van der Waals surface area contributed by atoms with E-state index < -0.39 is 0 Å². The number of nitrogens with zero attached hydrogens (tertiary/aromatic N) is 1. The van der Waals surface area contributed by atoms with Crippen molar-refractivity contribution in [3.63, 3.8) is 0 Å². The number of rotatable bonds is 3. The number of amides is 2. The second kappa shape index (κ2) is 5.45. The molecule has 2 aromatic carbocycles. The van der Waals surface area contributed by atoms with Crippen LogP contribution < -0.4 is 4.90 Å². The highest BCUT2D eigenvalue weighted by Gasteiger charge is 2.37. The zero-order valence-electron chi connectivity index (χ0n) is 11.6. The molecule has 21 heavy (non-hydrogen) atoms. The number of carbonyl (C=O) groups excluding carboxylic acids is 2. The minimum atomic E-state index is -0.250. The molecule has 0 atom stereocenters.